The molecule has 0 aliphatic carbocycles. The number of carbonyl (C=O) groups is 1. The molecule has 3 aromatic rings. The first-order chi connectivity index (χ1) is 15.1. The van der Waals surface area contributed by atoms with Crippen LogP contribution in [0.4, 0.5) is 0 Å². The summed E-state index contributed by atoms with van der Waals surface area (Å²) >= 11 is 0. The predicted molar refractivity (Wildman–Crippen MR) is 121 cm³/mol. The number of rotatable bonds is 1. The lowest BCUT2D eigenvalue weighted by Crippen LogP contribution is -2.59. The van der Waals surface area contributed by atoms with Gasteiger partial charge in [0, 0.05) is 50.4 Å². The van der Waals surface area contributed by atoms with Crippen LogP contribution in [0.25, 0.3) is 10.8 Å². The number of fused-ring (bicyclic) bond motifs is 5. The van der Waals surface area contributed by atoms with Crippen molar-refractivity contribution in [3.63, 3.8) is 0 Å². The molecule has 1 amide bonds. The quantitative estimate of drug-likeness (QED) is 0.582. The molecule has 3 heterocycles. The Hall–Kier alpha value is -3.34. The fourth-order valence-electron chi connectivity index (χ4n) is 5.37. The summed E-state index contributed by atoms with van der Waals surface area (Å²) in [7, 11) is 0. The Morgan fingerprint density at radius 3 is 2.58 bits per heavy atom. The van der Waals surface area contributed by atoms with Gasteiger partial charge in [0.25, 0.3) is 0 Å². The van der Waals surface area contributed by atoms with E-state index >= 15 is 0 Å². The third kappa shape index (κ3) is 2.83. The molecule has 6 rings (SSSR count). The van der Waals surface area contributed by atoms with Crippen LogP contribution in [-0.2, 0) is 4.79 Å². The van der Waals surface area contributed by atoms with Crippen molar-refractivity contribution in [2.24, 2.45) is 5.10 Å². The number of nitrogens with zero attached hydrogens (tertiary/aromatic N) is 3. The molecule has 0 radical (unpaired) electrons. The van der Waals surface area contributed by atoms with Crippen molar-refractivity contribution >= 4 is 22.4 Å². The van der Waals surface area contributed by atoms with E-state index in [1.165, 1.54) is 21.9 Å². The number of piperidine rings is 1. The Kier molecular flexibility index (Phi) is 4.07. The molecule has 3 aromatic carbocycles. The largest absolute Gasteiger partial charge is 0.466 e. The monoisotopic (exact) mass is 411 g/mol. The zero-order chi connectivity index (χ0) is 21.0. The number of carbonyl (C=O) groups excluding carboxylic acids is 1. The van der Waals surface area contributed by atoms with E-state index in [2.05, 4.69) is 65.7 Å². The lowest BCUT2D eigenvalue weighted by Gasteiger charge is -2.51. The molecule has 0 bridgehead atoms. The summed E-state index contributed by atoms with van der Waals surface area (Å²) in [5.41, 5.74) is 3.00. The van der Waals surface area contributed by atoms with Gasteiger partial charge in [-0.2, -0.15) is 5.10 Å². The second-order valence-electron chi connectivity index (χ2n) is 8.73. The van der Waals surface area contributed by atoms with Gasteiger partial charge >= 0.3 is 0 Å². The van der Waals surface area contributed by atoms with Gasteiger partial charge in [-0.25, -0.2) is 5.01 Å². The highest BCUT2D eigenvalue weighted by atomic mass is 16.5. The summed E-state index contributed by atoms with van der Waals surface area (Å²) in [4.78, 5) is 13.8. The minimum Gasteiger partial charge on any atom is -0.466 e. The van der Waals surface area contributed by atoms with Crippen molar-refractivity contribution in [2.45, 2.75) is 38.0 Å². The summed E-state index contributed by atoms with van der Waals surface area (Å²) in [6.07, 6.45) is 2.36. The molecule has 0 aromatic heterocycles. The number of benzene rings is 3. The number of ether oxygens (including phenoxy) is 1. The molecule has 1 saturated heterocycles. The van der Waals surface area contributed by atoms with E-state index in [-0.39, 0.29) is 11.9 Å². The van der Waals surface area contributed by atoms with Crippen LogP contribution in [0.3, 0.4) is 0 Å². The summed E-state index contributed by atoms with van der Waals surface area (Å²) < 4.78 is 6.65. The van der Waals surface area contributed by atoms with Gasteiger partial charge in [0.05, 0.1) is 11.8 Å². The first-order valence-corrected chi connectivity index (χ1v) is 11.0. The molecular weight excluding hydrogens is 386 g/mol. The Morgan fingerprint density at radius 1 is 1.00 bits per heavy atom. The lowest BCUT2D eigenvalue weighted by atomic mass is 9.90. The van der Waals surface area contributed by atoms with Gasteiger partial charge in [0.1, 0.15) is 5.75 Å². The van der Waals surface area contributed by atoms with Crippen molar-refractivity contribution in [1.82, 2.24) is 9.91 Å². The van der Waals surface area contributed by atoms with Crippen LogP contribution in [0.1, 0.15) is 43.4 Å². The van der Waals surface area contributed by atoms with E-state index in [1.807, 2.05) is 11.0 Å². The molecule has 1 fully saturated rings. The van der Waals surface area contributed by atoms with Crippen molar-refractivity contribution in [3.8, 4) is 5.75 Å². The van der Waals surface area contributed by atoms with Crippen molar-refractivity contribution < 1.29 is 9.53 Å². The number of hydrogen-bond acceptors (Lipinski definition) is 4. The van der Waals surface area contributed by atoms with E-state index in [9.17, 15) is 4.79 Å². The van der Waals surface area contributed by atoms with Crippen LogP contribution >= 0.6 is 0 Å². The minimum absolute atomic E-state index is 0.129. The Labute approximate surface area is 181 Å². The number of hydrazone groups is 1. The fourth-order valence-corrected chi connectivity index (χ4v) is 5.37. The molecule has 0 N–H and O–H groups in total. The van der Waals surface area contributed by atoms with E-state index in [0.717, 1.165) is 30.7 Å². The maximum Gasteiger partial charge on any atom is 0.219 e. The van der Waals surface area contributed by atoms with Gasteiger partial charge < -0.3 is 9.64 Å². The highest BCUT2D eigenvalue weighted by Crippen LogP contribution is 2.50. The second-order valence-corrected chi connectivity index (χ2v) is 8.73. The maximum absolute atomic E-state index is 11.9. The smallest absolute Gasteiger partial charge is 0.219 e. The van der Waals surface area contributed by atoms with Gasteiger partial charge in [-0.3, -0.25) is 4.79 Å². The van der Waals surface area contributed by atoms with Crippen LogP contribution < -0.4 is 4.74 Å². The number of amides is 1. The molecule has 5 nitrogen and oxygen atoms in total. The summed E-state index contributed by atoms with van der Waals surface area (Å²) in [6, 6.07) is 23.4. The van der Waals surface area contributed by atoms with Crippen molar-refractivity contribution in [1.29, 1.82) is 0 Å². The van der Waals surface area contributed by atoms with Gasteiger partial charge in [-0.05, 0) is 16.8 Å². The molecule has 3 aliphatic heterocycles. The number of likely N-dealkylation sites (tertiary alicyclic amines) is 1. The zero-order valence-electron chi connectivity index (χ0n) is 17.6. The average Bonchev–Trinajstić information content (AvgIpc) is 3.26. The van der Waals surface area contributed by atoms with Crippen molar-refractivity contribution in [2.75, 3.05) is 13.1 Å². The zero-order valence-corrected chi connectivity index (χ0v) is 17.6. The van der Waals surface area contributed by atoms with Gasteiger partial charge in [0.15, 0.2) is 0 Å². The molecule has 1 spiro atoms. The molecule has 1 atom stereocenters. The van der Waals surface area contributed by atoms with Gasteiger partial charge in [-0.1, -0.05) is 60.7 Å². The van der Waals surface area contributed by atoms with Crippen LogP contribution in [0.2, 0.25) is 0 Å². The third-order valence-corrected chi connectivity index (χ3v) is 7.00. The molecular formula is C26H25N3O2. The normalized spacial score (nSPS) is 21.5. The summed E-state index contributed by atoms with van der Waals surface area (Å²) in [5.74, 6) is 1.08. The van der Waals surface area contributed by atoms with E-state index in [1.54, 1.807) is 6.92 Å². The molecule has 3 aliphatic rings. The Balaban J connectivity index is 1.44. The standard InChI is InChI=1S/C26H25N3O2/c1-18(30)28-15-13-26(14-16-28)29-24(22-10-4-5-12-25(22)31-26)17-23(27-29)21-11-6-8-19-7-2-3-9-20(19)21/h2-12,24H,13-17H2,1H3/t24-/m0/s1. The predicted octanol–water partition coefficient (Wildman–Crippen LogP) is 4.72. The molecule has 0 unspecified atom stereocenters. The van der Waals surface area contributed by atoms with Crippen LogP contribution in [0, 0.1) is 0 Å². The maximum atomic E-state index is 11.9. The molecule has 156 valence electrons. The third-order valence-electron chi connectivity index (χ3n) is 7.00. The van der Waals surface area contributed by atoms with Crippen molar-refractivity contribution in [3.05, 3.63) is 77.9 Å². The van der Waals surface area contributed by atoms with Crippen LogP contribution in [0.15, 0.2) is 71.8 Å². The highest BCUT2D eigenvalue weighted by molar-refractivity contribution is 6.11. The minimum atomic E-state index is -0.503. The summed E-state index contributed by atoms with van der Waals surface area (Å²) in [6.45, 7) is 3.03. The van der Waals surface area contributed by atoms with Crippen LogP contribution in [0.5, 0.6) is 5.75 Å². The molecule has 0 saturated carbocycles. The van der Waals surface area contributed by atoms with Gasteiger partial charge in [-0.15, -0.1) is 0 Å². The van der Waals surface area contributed by atoms with E-state index in [4.69, 9.17) is 9.84 Å². The van der Waals surface area contributed by atoms with E-state index < -0.39 is 5.72 Å². The molecule has 5 heteroatoms. The fraction of sp³-hybridized carbons (Fsp3) is 0.308. The lowest BCUT2D eigenvalue weighted by molar-refractivity contribution is -0.158. The number of hydrogen-bond donors (Lipinski definition) is 0. The van der Waals surface area contributed by atoms with E-state index in [0.29, 0.717) is 13.1 Å². The Morgan fingerprint density at radius 2 is 1.74 bits per heavy atom. The van der Waals surface area contributed by atoms with Gasteiger partial charge in [0.2, 0.25) is 11.6 Å². The molecule has 31 heavy (non-hydrogen) atoms. The second kappa shape index (κ2) is 6.84. The average molecular weight is 412 g/mol. The summed E-state index contributed by atoms with van der Waals surface area (Å²) in [5, 5.41) is 9.87. The SMILES string of the molecule is CC(=O)N1CCC2(CC1)Oc1ccccc1[C@@H]1CC(c3cccc4ccccc34)=NN12. The highest BCUT2D eigenvalue weighted by Gasteiger charge is 2.52. The topological polar surface area (TPSA) is 45.1 Å². The first kappa shape index (κ1) is 18.4. The Bertz CT molecular complexity index is 1200. The van der Waals surface area contributed by atoms with Crippen LogP contribution in [-0.4, -0.2) is 40.3 Å². The number of para-hydroxylation sites is 1. The first-order valence-electron chi connectivity index (χ1n) is 11.0.